The summed E-state index contributed by atoms with van der Waals surface area (Å²) >= 11 is 0. The Labute approximate surface area is 226 Å². The number of nitrogens with two attached hydrogens (primary N) is 2. The molecule has 3 rings (SSSR count). The van der Waals surface area contributed by atoms with E-state index in [9.17, 15) is 22.8 Å². The predicted octanol–water partition coefficient (Wildman–Crippen LogP) is 5.14. The molecule has 2 amide bonds. The van der Waals surface area contributed by atoms with Gasteiger partial charge in [-0.3, -0.25) is 4.79 Å². The van der Waals surface area contributed by atoms with E-state index in [4.69, 9.17) is 16.2 Å². The lowest BCUT2D eigenvalue weighted by molar-refractivity contribution is -0.137. The largest absolute Gasteiger partial charge is 0.444 e. The quantitative estimate of drug-likeness (QED) is 0.296. The summed E-state index contributed by atoms with van der Waals surface area (Å²) in [5.41, 5.74) is 13.0. The van der Waals surface area contributed by atoms with Gasteiger partial charge in [-0.05, 0) is 69.5 Å². The number of rotatable bonds is 9. The van der Waals surface area contributed by atoms with Crippen molar-refractivity contribution in [2.24, 2.45) is 5.73 Å². The van der Waals surface area contributed by atoms with E-state index in [-0.39, 0.29) is 23.7 Å². The van der Waals surface area contributed by atoms with Crippen LogP contribution in [0.2, 0.25) is 0 Å². The zero-order valence-electron chi connectivity index (χ0n) is 22.6. The second-order valence-corrected chi connectivity index (χ2v) is 10.6. The fourth-order valence-corrected chi connectivity index (χ4v) is 4.16. The van der Waals surface area contributed by atoms with Crippen molar-refractivity contribution in [3.8, 4) is 0 Å². The fourth-order valence-electron chi connectivity index (χ4n) is 4.16. The van der Waals surface area contributed by atoms with E-state index in [0.717, 1.165) is 12.1 Å². The van der Waals surface area contributed by atoms with Crippen molar-refractivity contribution < 1.29 is 27.5 Å². The van der Waals surface area contributed by atoms with Gasteiger partial charge in [-0.15, -0.1) is 0 Å². The van der Waals surface area contributed by atoms with Crippen LogP contribution in [-0.2, 0) is 15.7 Å². The van der Waals surface area contributed by atoms with Crippen LogP contribution in [-0.4, -0.2) is 54.1 Å². The summed E-state index contributed by atoms with van der Waals surface area (Å²) in [4.78, 5) is 28.7. The number of hydrogen-bond donors (Lipinski definition) is 3. The van der Waals surface area contributed by atoms with Crippen molar-refractivity contribution >= 4 is 23.4 Å². The lowest BCUT2D eigenvalue weighted by Gasteiger charge is -2.25. The molecule has 2 aromatic carbocycles. The second-order valence-electron chi connectivity index (χ2n) is 10.6. The van der Waals surface area contributed by atoms with E-state index in [2.05, 4.69) is 5.32 Å². The third-order valence-corrected chi connectivity index (χ3v) is 6.16. The topological polar surface area (TPSA) is 114 Å². The van der Waals surface area contributed by atoms with Gasteiger partial charge < -0.3 is 31.3 Å². The zero-order valence-corrected chi connectivity index (χ0v) is 22.6. The van der Waals surface area contributed by atoms with E-state index in [1.165, 1.54) is 17.0 Å². The molecule has 39 heavy (non-hydrogen) atoms. The molecule has 0 fully saturated rings. The minimum atomic E-state index is -4.50. The number of anilines is 2. The Morgan fingerprint density at radius 1 is 1.13 bits per heavy atom. The number of nitrogens with zero attached hydrogens (tertiary/aromatic N) is 2. The maximum atomic E-state index is 13.5. The van der Waals surface area contributed by atoms with Crippen LogP contribution in [0, 0.1) is 0 Å². The number of hydrogen-bond acceptors (Lipinski definition) is 6. The Morgan fingerprint density at radius 2 is 1.79 bits per heavy atom. The average molecular weight is 548 g/mol. The highest BCUT2D eigenvalue weighted by Gasteiger charge is 2.35. The number of nitrogens with one attached hydrogen (secondary N) is 1. The van der Waals surface area contributed by atoms with E-state index < -0.39 is 29.5 Å². The number of amides is 2. The molecule has 1 aliphatic rings. The van der Waals surface area contributed by atoms with Crippen LogP contribution in [0.15, 0.2) is 59.8 Å². The molecular weight excluding hydrogens is 511 g/mol. The van der Waals surface area contributed by atoms with Crippen LogP contribution in [0.3, 0.4) is 0 Å². The first kappa shape index (κ1) is 29.8. The molecule has 0 saturated heterocycles. The van der Waals surface area contributed by atoms with Crippen molar-refractivity contribution in [1.29, 1.82) is 0 Å². The van der Waals surface area contributed by atoms with Gasteiger partial charge in [0.1, 0.15) is 5.60 Å². The third-order valence-electron chi connectivity index (χ3n) is 6.16. The van der Waals surface area contributed by atoms with Crippen molar-refractivity contribution in [2.45, 2.75) is 51.4 Å². The normalized spacial score (nSPS) is 15.0. The molecular formula is C28H36F3N5O3. The summed E-state index contributed by atoms with van der Waals surface area (Å²) in [5, 5.41) is 3.01. The van der Waals surface area contributed by atoms with Gasteiger partial charge in [-0.2, -0.15) is 13.2 Å². The first-order valence-corrected chi connectivity index (χ1v) is 12.7. The molecule has 0 aromatic heterocycles. The van der Waals surface area contributed by atoms with Crippen LogP contribution in [0.1, 0.15) is 50.8 Å². The van der Waals surface area contributed by atoms with Gasteiger partial charge in [0, 0.05) is 37.2 Å². The highest BCUT2D eigenvalue weighted by Crippen LogP contribution is 2.34. The van der Waals surface area contributed by atoms with Crippen LogP contribution in [0.25, 0.3) is 0 Å². The van der Waals surface area contributed by atoms with Gasteiger partial charge in [0.2, 0.25) is 0 Å². The summed E-state index contributed by atoms with van der Waals surface area (Å²) in [5.74, 6) is -0.297. The lowest BCUT2D eigenvalue weighted by Crippen LogP contribution is -2.35. The van der Waals surface area contributed by atoms with E-state index >= 15 is 0 Å². The molecule has 11 heteroatoms. The SMILES string of the molecule is CN(CCCCN1CC(Nc2cccc(C(F)(F)F)c2)=C([C@H](N)c2ccc(N)cc2)C1=O)C(=O)OC(C)(C)C. The highest BCUT2D eigenvalue weighted by molar-refractivity contribution is 5.99. The smallest absolute Gasteiger partial charge is 0.416 e. The molecule has 212 valence electrons. The Balaban J connectivity index is 1.74. The minimum absolute atomic E-state index is 0.162. The molecule has 1 aliphatic heterocycles. The molecule has 0 unspecified atom stereocenters. The van der Waals surface area contributed by atoms with Crippen LogP contribution < -0.4 is 16.8 Å². The molecule has 1 atom stereocenters. The molecule has 0 aliphatic carbocycles. The monoisotopic (exact) mass is 547 g/mol. The van der Waals surface area contributed by atoms with Gasteiger partial charge in [0.05, 0.1) is 23.7 Å². The summed E-state index contributed by atoms with van der Waals surface area (Å²) in [6, 6.07) is 10.8. The molecule has 8 nitrogen and oxygen atoms in total. The second kappa shape index (κ2) is 12.0. The minimum Gasteiger partial charge on any atom is -0.444 e. The summed E-state index contributed by atoms with van der Waals surface area (Å²) in [6.45, 7) is 6.37. The first-order valence-electron chi connectivity index (χ1n) is 12.7. The van der Waals surface area contributed by atoms with Gasteiger partial charge in [-0.1, -0.05) is 18.2 Å². The van der Waals surface area contributed by atoms with Crippen LogP contribution in [0.5, 0.6) is 0 Å². The van der Waals surface area contributed by atoms with Crippen molar-refractivity contribution in [1.82, 2.24) is 9.80 Å². The van der Waals surface area contributed by atoms with E-state index in [0.29, 0.717) is 42.9 Å². The number of carbonyl (C=O) groups excluding carboxylic acids is 2. The highest BCUT2D eigenvalue weighted by atomic mass is 19.4. The summed E-state index contributed by atoms with van der Waals surface area (Å²) in [7, 11) is 1.65. The number of ether oxygens (including phenoxy) is 1. The van der Waals surface area contributed by atoms with Crippen LogP contribution in [0.4, 0.5) is 29.3 Å². The Hall–Kier alpha value is -3.73. The number of halogens is 3. The third kappa shape index (κ3) is 8.13. The molecule has 0 saturated carbocycles. The number of nitrogen functional groups attached to an aromatic ring is 1. The molecule has 0 radical (unpaired) electrons. The molecule has 5 N–H and O–H groups in total. The predicted molar refractivity (Wildman–Crippen MR) is 145 cm³/mol. The Kier molecular flexibility index (Phi) is 9.16. The van der Waals surface area contributed by atoms with Gasteiger partial charge in [0.15, 0.2) is 0 Å². The maximum Gasteiger partial charge on any atom is 0.416 e. The van der Waals surface area contributed by atoms with E-state index in [1.54, 1.807) is 57.0 Å². The van der Waals surface area contributed by atoms with E-state index in [1.807, 2.05) is 0 Å². The Morgan fingerprint density at radius 3 is 2.41 bits per heavy atom. The molecule has 2 aromatic rings. The van der Waals surface area contributed by atoms with Crippen molar-refractivity contribution in [2.75, 3.05) is 37.7 Å². The number of alkyl halides is 3. The Bertz CT molecular complexity index is 1210. The molecule has 1 heterocycles. The van der Waals surface area contributed by atoms with Crippen LogP contribution >= 0.6 is 0 Å². The standard InChI is InChI=1S/C28H36F3N5O3/c1-27(2,3)39-26(38)35(4)14-5-6-15-36-17-22(34-21-9-7-8-19(16-21)28(29,30)31)23(25(36)37)24(33)18-10-12-20(32)13-11-18/h7-13,16,24,34H,5-6,14-15,17,32-33H2,1-4H3/t24-/m1/s1. The van der Waals surface area contributed by atoms with Gasteiger partial charge in [0.25, 0.3) is 5.91 Å². The van der Waals surface area contributed by atoms with Gasteiger partial charge >= 0.3 is 12.3 Å². The van der Waals surface area contributed by atoms with Crippen molar-refractivity contribution in [3.63, 3.8) is 0 Å². The lowest BCUT2D eigenvalue weighted by atomic mass is 9.98. The number of unbranched alkanes of at least 4 members (excludes halogenated alkanes) is 1. The average Bonchev–Trinajstić information content (AvgIpc) is 3.14. The number of carbonyl (C=O) groups is 2. The maximum absolute atomic E-state index is 13.5. The summed E-state index contributed by atoms with van der Waals surface area (Å²) in [6.07, 6.45) is -3.71. The zero-order chi connectivity index (χ0) is 29.0. The molecule has 0 bridgehead atoms. The van der Waals surface area contributed by atoms with Crippen molar-refractivity contribution in [3.05, 3.63) is 70.9 Å². The first-order chi connectivity index (χ1) is 18.2. The summed E-state index contributed by atoms with van der Waals surface area (Å²) < 4.78 is 45.1. The van der Waals surface area contributed by atoms with Gasteiger partial charge in [-0.25, -0.2) is 4.79 Å². The molecule has 0 spiro atoms. The fraction of sp³-hybridized carbons (Fsp3) is 0.429. The number of benzene rings is 2.